The minimum Gasteiger partial charge on any atom is -0.349 e. The van der Waals surface area contributed by atoms with Gasteiger partial charge in [0, 0.05) is 21.2 Å². The molecule has 2 atom stereocenters. The van der Waals surface area contributed by atoms with Crippen molar-refractivity contribution in [3.63, 3.8) is 0 Å². The fraction of sp³-hybridized carbons (Fsp3) is 0.364. The van der Waals surface area contributed by atoms with Gasteiger partial charge in [0.15, 0.2) is 5.82 Å². The van der Waals surface area contributed by atoms with Gasteiger partial charge in [0.05, 0.1) is 0 Å². The topological polar surface area (TPSA) is 63.2 Å². The summed E-state index contributed by atoms with van der Waals surface area (Å²) in [5.74, 6) is -3.43. The summed E-state index contributed by atoms with van der Waals surface area (Å²) in [5, 5.41) is 2.43. The maximum absolute atomic E-state index is 14.1. The monoisotopic (exact) mass is 387 g/mol. The van der Waals surface area contributed by atoms with Crippen LogP contribution in [0.5, 0.6) is 0 Å². The molecule has 0 radical (unpaired) electrons. The van der Waals surface area contributed by atoms with E-state index in [1.807, 2.05) is 6.92 Å². The zero-order valence-electron chi connectivity index (χ0n) is 10.1. The number of benzene rings is 1. The fourth-order valence-electron chi connectivity index (χ4n) is 1.77. The Morgan fingerprint density at radius 3 is 2.50 bits per heavy atom. The maximum Gasteiger partial charge on any atom is 0.265 e. The Bertz CT molecular complexity index is 695. The van der Waals surface area contributed by atoms with E-state index in [0.717, 1.165) is 0 Å². The maximum atomic E-state index is 14.1. The van der Waals surface area contributed by atoms with E-state index in [1.165, 1.54) is 0 Å². The van der Waals surface area contributed by atoms with Gasteiger partial charge in [-0.1, -0.05) is 6.92 Å². The molecule has 1 aromatic rings. The summed E-state index contributed by atoms with van der Waals surface area (Å²) in [5.41, 5.74) is -0.952. The first-order valence-corrected chi connectivity index (χ1v) is 8.66. The van der Waals surface area contributed by atoms with Gasteiger partial charge in [-0.25, -0.2) is 17.2 Å². The highest BCUT2D eigenvalue weighted by Gasteiger charge is 2.36. The fourth-order valence-corrected chi connectivity index (χ4v) is 4.12. The highest BCUT2D eigenvalue weighted by atomic mass is 79.9. The molecule has 0 saturated heterocycles. The summed E-state index contributed by atoms with van der Waals surface area (Å²) < 4.78 is 50.0. The second-order valence-corrected chi connectivity index (χ2v) is 7.95. The summed E-state index contributed by atoms with van der Waals surface area (Å²) in [6.07, 6.45) is 0.714. The van der Waals surface area contributed by atoms with Crippen LogP contribution in [0.4, 0.5) is 8.78 Å². The largest absolute Gasteiger partial charge is 0.349 e. The minimum absolute atomic E-state index is 0.152. The van der Waals surface area contributed by atoms with Crippen LogP contribution in [0.25, 0.3) is 0 Å². The summed E-state index contributed by atoms with van der Waals surface area (Å²) in [6.45, 7) is 1.87. The lowest BCUT2D eigenvalue weighted by Crippen LogP contribution is -2.29. The van der Waals surface area contributed by atoms with Gasteiger partial charge in [-0.05, 0) is 34.3 Å². The van der Waals surface area contributed by atoms with E-state index in [4.69, 9.17) is 10.7 Å². The smallest absolute Gasteiger partial charge is 0.265 e. The Labute approximate surface area is 127 Å². The molecule has 2 unspecified atom stereocenters. The molecule has 1 aliphatic carbocycles. The molecular formula is C11H9BrClF2NO3S. The Balaban J connectivity index is 2.50. The third-order valence-corrected chi connectivity index (χ3v) is 5.26. The highest BCUT2D eigenvalue weighted by Crippen LogP contribution is 2.33. The molecule has 1 aliphatic rings. The first kappa shape index (κ1) is 15.7. The average Bonchev–Trinajstić information content (AvgIpc) is 2.90. The first-order chi connectivity index (χ1) is 9.12. The number of hydrogen-bond acceptors (Lipinski definition) is 3. The van der Waals surface area contributed by atoms with E-state index in [1.54, 1.807) is 0 Å². The van der Waals surface area contributed by atoms with Gasteiger partial charge in [-0.3, -0.25) is 4.79 Å². The molecular weight excluding hydrogens is 380 g/mol. The van der Waals surface area contributed by atoms with Crippen molar-refractivity contribution in [1.29, 1.82) is 0 Å². The van der Waals surface area contributed by atoms with Gasteiger partial charge in [0.2, 0.25) is 0 Å². The van der Waals surface area contributed by atoms with Crippen LogP contribution < -0.4 is 5.32 Å². The Kier molecular flexibility index (Phi) is 4.10. The summed E-state index contributed by atoms with van der Waals surface area (Å²) >= 11 is 2.71. The molecule has 0 spiro atoms. The van der Waals surface area contributed by atoms with Crippen LogP contribution in [-0.2, 0) is 9.05 Å². The van der Waals surface area contributed by atoms with Gasteiger partial charge in [0.1, 0.15) is 16.3 Å². The van der Waals surface area contributed by atoms with Gasteiger partial charge < -0.3 is 5.32 Å². The lowest BCUT2D eigenvalue weighted by molar-refractivity contribution is 0.0940. The molecule has 1 amide bonds. The second-order valence-electron chi connectivity index (χ2n) is 4.59. The van der Waals surface area contributed by atoms with Crippen LogP contribution in [0, 0.1) is 17.6 Å². The van der Waals surface area contributed by atoms with Crippen LogP contribution in [-0.4, -0.2) is 20.4 Å². The zero-order chi connectivity index (χ0) is 15.2. The van der Waals surface area contributed by atoms with Crippen molar-refractivity contribution in [1.82, 2.24) is 5.32 Å². The summed E-state index contributed by atoms with van der Waals surface area (Å²) in [6, 6.07) is 0.546. The average molecular weight is 389 g/mol. The van der Waals surface area contributed by atoms with Gasteiger partial charge >= 0.3 is 0 Å². The molecule has 0 heterocycles. The van der Waals surface area contributed by atoms with E-state index >= 15 is 0 Å². The first-order valence-electron chi connectivity index (χ1n) is 5.56. The zero-order valence-corrected chi connectivity index (χ0v) is 13.2. The molecule has 110 valence electrons. The number of amides is 1. The van der Waals surface area contributed by atoms with Crippen molar-refractivity contribution in [2.45, 2.75) is 24.3 Å². The standard InChI is InChI=1S/C11H9BrClF2NO3S/c1-4-2-7(4)16-11(17)8-6(14)3-5(12)10(9(8)15)20(13,18)19/h3-4,7H,2H2,1H3,(H,16,17). The number of nitrogens with one attached hydrogen (secondary N) is 1. The second kappa shape index (κ2) is 5.23. The summed E-state index contributed by atoms with van der Waals surface area (Å²) in [4.78, 5) is 10.9. The van der Waals surface area contributed by atoms with Crippen molar-refractivity contribution < 1.29 is 22.0 Å². The van der Waals surface area contributed by atoms with E-state index in [9.17, 15) is 22.0 Å². The molecule has 1 fully saturated rings. The number of halogens is 4. The normalized spacial score (nSPS) is 21.6. The molecule has 4 nitrogen and oxygen atoms in total. The molecule has 0 aliphatic heterocycles. The lowest BCUT2D eigenvalue weighted by Gasteiger charge is -2.10. The van der Waals surface area contributed by atoms with Crippen LogP contribution in [0.1, 0.15) is 23.7 Å². The molecule has 1 N–H and O–H groups in total. The Hall–Kier alpha value is -0.730. The van der Waals surface area contributed by atoms with Gasteiger partial charge in [-0.2, -0.15) is 0 Å². The Morgan fingerprint density at radius 2 is 2.05 bits per heavy atom. The third-order valence-electron chi connectivity index (χ3n) is 3.02. The number of hydrogen-bond donors (Lipinski definition) is 1. The van der Waals surface area contributed by atoms with E-state index in [0.29, 0.717) is 12.5 Å². The quantitative estimate of drug-likeness (QED) is 0.810. The SMILES string of the molecule is CC1CC1NC(=O)c1c(F)cc(Br)c(S(=O)(=O)Cl)c1F. The van der Waals surface area contributed by atoms with Crippen molar-refractivity contribution in [2.24, 2.45) is 5.92 Å². The van der Waals surface area contributed by atoms with Crippen LogP contribution in [0.2, 0.25) is 0 Å². The predicted molar refractivity (Wildman–Crippen MR) is 72.1 cm³/mol. The number of carbonyl (C=O) groups is 1. The molecule has 0 bridgehead atoms. The minimum atomic E-state index is -4.46. The van der Waals surface area contributed by atoms with Gasteiger partial charge in [-0.15, -0.1) is 0 Å². The highest BCUT2D eigenvalue weighted by molar-refractivity contribution is 9.10. The molecule has 1 aromatic carbocycles. The Morgan fingerprint density at radius 1 is 1.50 bits per heavy atom. The van der Waals surface area contributed by atoms with Crippen molar-refractivity contribution in [2.75, 3.05) is 0 Å². The van der Waals surface area contributed by atoms with E-state index in [-0.39, 0.29) is 16.4 Å². The van der Waals surface area contributed by atoms with Crippen molar-refractivity contribution in [3.05, 3.63) is 27.7 Å². The predicted octanol–water partition coefficient (Wildman–Crippen LogP) is 2.79. The molecule has 1 saturated carbocycles. The van der Waals surface area contributed by atoms with Crippen molar-refractivity contribution in [3.8, 4) is 0 Å². The van der Waals surface area contributed by atoms with Crippen LogP contribution >= 0.6 is 26.6 Å². The molecule has 20 heavy (non-hydrogen) atoms. The van der Waals surface area contributed by atoms with Crippen LogP contribution in [0.15, 0.2) is 15.4 Å². The van der Waals surface area contributed by atoms with E-state index in [2.05, 4.69) is 21.2 Å². The van der Waals surface area contributed by atoms with Crippen LogP contribution in [0.3, 0.4) is 0 Å². The van der Waals surface area contributed by atoms with Gasteiger partial charge in [0.25, 0.3) is 15.0 Å². The molecule has 0 aromatic heterocycles. The number of rotatable bonds is 3. The third kappa shape index (κ3) is 2.96. The summed E-state index contributed by atoms with van der Waals surface area (Å²) in [7, 11) is 0.631. The van der Waals surface area contributed by atoms with E-state index < -0.39 is 37.1 Å². The number of carbonyl (C=O) groups excluding carboxylic acids is 1. The molecule has 9 heteroatoms. The van der Waals surface area contributed by atoms with Crippen molar-refractivity contribution >= 4 is 41.6 Å². The lowest BCUT2D eigenvalue weighted by atomic mass is 10.2. The molecule has 2 rings (SSSR count).